The number of piperazine rings is 2. The van der Waals surface area contributed by atoms with Gasteiger partial charge in [0, 0.05) is 74.9 Å². The van der Waals surface area contributed by atoms with Gasteiger partial charge in [0.25, 0.3) is 5.89 Å². The lowest BCUT2D eigenvalue weighted by molar-refractivity contribution is -0.0738. The van der Waals surface area contributed by atoms with E-state index >= 15 is 0 Å². The number of Topliss-reactive ketones (excluding diaryl/α,β-unsaturated/α-hetero) is 1. The van der Waals surface area contributed by atoms with E-state index in [0.29, 0.717) is 62.5 Å². The first-order chi connectivity index (χ1) is 31.2. The van der Waals surface area contributed by atoms with Crippen molar-refractivity contribution in [2.45, 2.75) is 31.6 Å². The molecule has 4 fully saturated rings. The highest BCUT2D eigenvalue weighted by atomic mass is 19.3. The van der Waals surface area contributed by atoms with Crippen molar-refractivity contribution in [2.75, 3.05) is 95.1 Å². The zero-order valence-corrected chi connectivity index (χ0v) is 35.6. The monoisotopic (exact) mass is 877 g/mol. The lowest BCUT2D eigenvalue weighted by Crippen LogP contribution is -2.59. The number of alkyl halides is 2. The van der Waals surface area contributed by atoms with Crippen LogP contribution >= 0.6 is 0 Å². The van der Waals surface area contributed by atoms with Gasteiger partial charge in [0.15, 0.2) is 5.78 Å². The predicted octanol–water partition coefficient (Wildman–Crippen LogP) is 5.79. The standard InChI is InChI=1S/C24H25F2N5O3.C23H28N4O3/c25-21(26)23-28-27-22(34-23)18-8-6-17(7-9-18)14-31(19-4-2-1-3-5-19)24(32)30-12-10-29(11-13-30)20-15-33-16-20;24-14-22(28)19-8-6-18(7-9-19)15-27(20-4-2-1-3-5-20)23(29)26-12-10-25(11-13-26)21-16-30-17-21/h1-9,20-21H,10-16H2;1-9,21H,10-17,24H2. The second-order valence-corrected chi connectivity index (χ2v) is 16.1. The van der Waals surface area contributed by atoms with Crippen molar-refractivity contribution in [1.82, 2.24) is 29.8 Å². The van der Waals surface area contributed by atoms with Gasteiger partial charge in [-0.1, -0.05) is 72.8 Å². The third-order valence-corrected chi connectivity index (χ3v) is 12.0. The van der Waals surface area contributed by atoms with Crippen LogP contribution < -0.4 is 15.5 Å². The maximum Gasteiger partial charge on any atom is 0.324 e. The number of urea groups is 2. The maximum absolute atomic E-state index is 13.5. The Labute approximate surface area is 370 Å². The molecule has 4 aromatic carbocycles. The highest BCUT2D eigenvalue weighted by Crippen LogP contribution is 2.26. The number of ether oxygens (including phenoxy) is 2. The Bertz CT molecular complexity index is 2280. The average Bonchev–Trinajstić information content (AvgIpc) is 3.81. The number of rotatable bonds is 12. The first kappa shape index (κ1) is 44.5. The van der Waals surface area contributed by atoms with Crippen LogP contribution in [0.1, 0.15) is 33.8 Å². The fourth-order valence-electron chi connectivity index (χ4n) is 7.99. The number of nitrogens with zero attached hydrogens (tertiary/aromatic N) is 8. The van der Waals surface area contributed by atoms with Crippen molar-refractivity contribution in [2.24, 2.45) is 5.73 Å². The molecule has 0 bridgehead atoms. The summed E-state index contributed by atoms with van der Waals surface area (Å²) in [5.41, 5.74) is 10.1. The molecule has 0 saturated carbocycles. The molecule has 4 aliphatic heterocycles. The van der Waals surface area contributed by atoms with Gasteiger partial charge in [-0.15, -0.1) is 10.2 Å². The van der Waals surface area contributed by atoms with Gasteiger partial charge in [-0.2, -0.15) is 8.78 Å². The number of amides is 4. The van der Waals surface area contributed by atoms with Gasteiger partial charge in [0.1, 0.15) is 0 Å². The molecule has 15 nitrogen and oxygen atoms in total. The Morgan fingerprint density at radius 2 is 1.05 bits per heavy atom. The van der Waals surface area contributed by atoms with E-state index in [1.165, 1.54) is 0 Å². The third kappa shape index (κ3) is 10.8. The van der Waals surface area contributed by atoms with Crippen LogP contribution in [0.5, 0.6) is 0 Å². The van der Waals surface area contributed by atoms with E-state index in [9.17, 15) is 23.2 Å². The summed E-state index contributed by atoms with van der Waals surface area (Å²) in [5.74, 6) is -0.760. The van der Waals surface area contributed by atoms with Crippen LogP contribution in [0.3, 0.4) is 0 Å². The molecular weight excluding hydrogens is 825 g/mol. The van der Waals surface area contributed by atoms with Crippen LogP contribution in [0.2, 0.25) is 0 Å². The van der Waals surface area contributed by atoms with Gasteiger partial charge >= 0.3 is 18.5 Å². The van der Waals surface area contributed by atoms with Crippen molar-refractivity contribution in [1.29, 1.82) is 0 Å². The van der Waals surface area contributed by atoms with Crippen molar-refractivity contribution >= 4 is 29.2 Å². The number of hydrogen-bond donors (Lipinski definition) is 1. The normalized spacial score (nSPS) is 17.2. The number of carbonyl (C=O) groups is 3. The molecule has 336 valence electrons. The fourth-order valence-corrected chi connectivity index (χ4v) is 7.99. The molecule has 1 aromatic heterocycles. The Morgan fingerprint density at radius 1 is 0.609 bits per heavy atom. The molecule has 0 radical (unpaired) electrons. The summed E-state index contributed by atoms with van der Waals surface area (Å²) in [7, 11) is 0. The summed E-state index contributed by atoms with van der Waals surface area (Å²) in [5, 5.41) is 7.05. The van der Waals surface area contributed by atoms with Crippen molar-refractivity contribution in [3.05, 3.63) is 132 Å². The van der Waals surface area contributed by atoms with E-state index in [4.69, 9.17) is 19.6 Å². The van der Waals surface area contributed by atoms with Gasteiger partial charge in [0.2, 0.25) is 5.89 Å². The van der Waals surface area contributed by atoms with Crippen molar-refractivity contribution in [3.63, 3.8) is 0 Å². The number of benzene rings is 4. The highest BCUT2D eigenvalue weighted by molar-refractivity contribution is 5.97. The minimum atomic E-state index is -2.81. The van der Waals surface area contributed by atoms with Gasteiger partial charge in [-0.3, -0.25) is 24.4 Å². The van der Waals surface area contributed by atoms with E-state index in [-0.39, 0.29) is 30.3 Å². The first-order valence-electron chi connectivity index (χ1n) is 21.6. The molecule has 64 heavy (non-hydrogen) atoms. The van der Waals surface area contributed by atoms with E-state index in [1.807, 2.05) is 99.6 Å². The SMILES string of the molecule is NCC(=O)c1ccc(CN(C(=O)N2CCN(C3COC3)CC2)c2ccccc2)cc1.O=C(N1CCN(C2COC2)CC1)N(Cc1ccc(-c2nnc(C(F)F)o2)cc1)c1ccccc1. The third-order valence-electron chi connectivity index (χ3n) is 12.0. The summed E-state index contributed by atoms with van der Waals surface area (Å²) in [4.78, 5) is 50.9. The summed E-state index contributed by atoms with van der Waals surface area (Å²) < 4.78 is 41.1. The van der Waals surface area contributed by atoms with Crippen LogP contribution in [-0.4, -0.2) is 145 Å². The molecule has 9 rings (SSSR count). The molecule has 0 aliphatic carbocycles. The number of anilines is 2. The molecule has 17 heteroatoms. The van der Waals surface area contributed by atoms with Gasteiger partial charge in [-0.25, -0.2) is 9.59 Å². The van der Waals surface area contributed by atoms with Crippen molar-refractivity contribution in [3.8, 4) is 11.5 Å². The van der Waals surface area contributed by atoms with E-state index in [2.05, 4.69) is 20.0 Å². The molecule has 0 unspecified atom stereocenters. The zero-order chi connectivity index (χ0) is 44.4. The van der Waals surface area contributed by atoms with E-state index < -0.39 is 12.3 Å². The fraction of sp³-hybridized carbons (Fsp3) is 0.383. The van der Waals surface area contributed by atoms with Crippen LogP contribution in [0.4, 0.5) is 29.7 Å². The summed E-state index contributed by atoms with van der Waals surface area (Å²) in [6.07, 6.45) is -2.81. The molecule has 5 aromatic rings. The lowest BCUT2D eigenvalue weighted by atomic mass is 10.1. The molecule has 4 aliphatic rings. The van der Waals surface area contributed by atoms with Crippen LogP contribution in [-0.2, 0) is 22.6 Å². The molecular formula is C47H53F2N9O6. The molecule has 2 N–H and O–H groups in total. The Balaban J connectivity index is 0.000000176. The minimum Gasteiger partial charge on any atom is -0.415 e. The number of halogens is 2. The lowest BCUT2D eigenvalue weighted by Gasteiger charge is -2.43. The Morgan fingerprint density at radius 3 is 1.42 bits per heavy atom. The molecule has 0 atom stereocenters. The zero-order valence-electron chi connectivity index (χ0n) is 35.6. The highest BCUT2D eigenvalue weighted by Gasteiger charge is 2.34. The van der Waals surface area contributed by atoms with E-state index in [1.54, 1.807) is 29.2 Å². The van der Waals surface area contributed by atoms with Crippen LogP contribution in [0.15, 0.2) is 114 Å². The number of aromatic nitrogens is 2. The first-order valence-corrected chi connectivity index (χ1v) is 21.6. The Kier molecular flexibility index (Phi) is 14.6. The average molecular weight is 878 g/mol. The topological polar surface area (TPSA) is 154 Å². The summed E-state index contributed by atoms with van der Waals surface area (Å²) >= 11 is 0. The quantitative estimate of drug-likeness (QED) is 0.152. The number of para-hydroxylation sites is 2. The number of hydrogen-bond acceptors (Lipinski definition) is 11. The van der Waals surface area contributed by atoms with Gasteiger partial charge in [0.05, 0.1) is 58.1 Å². The van der Waals surface area contributed by atoms with Gasteiger partial charge < -0.3 is 29.4 Å². The summed E-state index contributed by atoms with van der Waals surface area (Å²) in [6, 6.07) is 34.7. The minimum absolute atomic E-state index is 0.00701. The van der Waals surface area contributed by atoms with E-state index in [0.717, 1.165) is 75.1 Å². The predicted molar refractivity (Wildman–Crippen MR) is 236 cm³/mol. The Hall–Kier alpha value is -6.11. The van der Waals surface area contributed by atoms with Crippen LogP contribution in [0, 0.1) is 0 Å². The van der Waals surface area contributed by atoms with Crippen molar-refractivity contribution < 1.29 is 37.1 Å². The largest absolute Gasteiger partial charge is 0.415 e. The number of carbonyl (C=O) groups excluding carboxylic acids is 3. The molecule has 4 saturated heterocycles. The maximum atomic E-state index is 13.5. The van der Waals surface area contributed by atoms with Crippen LogP contribution in [0.25, 0.3) is 11.5 Å². The second-order valence-electron chi connectivity index (χ2n) is 16.1. The smallest absolute Gasteiger partial charge is 0.324 e. The van der Waals surface area contributed by atoms with Gasteiger partial charge in [-0.05, 0) is 47.5 Å². The molecule has 0 spiro atoms. The number of nitrogens with two attached hydrogens (primary N) is 1. The number of ketones is 1. The second kappa shape index (κ2) is 21.0. The molecule has 5 heterocycles. The summed E-state index contributed by atoms with van der Waals surface area (Å²) in [6.45, 7) is 10.1. The molecule has 4 amide bonds.